The van der Waals surface area contributed by atoms with Crippen LogP contribution in [0.25, 0.3) is 11.1 Å². The molecule has 2 aromatic heterocycles. The van der Waals surface area contributed by atoms with Crippen LogP contribution in [0, 0.1) is 0 Å². The molecule has 4 heterocycles. The van der Waals surface area contributed by atoms with Gasteiger partial charge in [0.15, 0.2) is 0 Å². The third-order valence-corrected chi connectivity index (χ3v) is 25.8. The summed E-state index contributed by atoms with van der Waals surface area (Å²) in [4.78, 5) is 41.5. The van der Waals surface area contributed by atoms with Crippen LogP contribution in [0.1, 0.15) is 9.75 Å². The average molecular weight is 600 g/mol. The number of rotatable bonds is 2. The third-order valence-electron chi connectivity index (χ3n) is 4.60. The van der Waals surface area contributed by atoms with Crippen molar-refractivity contribution in [2.45, 2.75) is 29.6 Å². The van der Waals surface area contributed by atoms with Crippen molar-refractivity contribution in [2.75, 3.05) is 10.6 Å². The zero-order valence-electron chi connectivity index (χ0n) is 15.8. The third kappa shape index (κ3) is 3.00. The van der Waals surface area contributed by atoms with Crippen LogP contribution in [0.2, 0.25) is 29.6 Å². The van der Waals surface area contributed by atoms with Crippen molar-refractivity contribution in [3.05, 3.63) is 21.9 Å². The summed E-state index contributed by atoms with van der Waals surface area (Å²) < 4.78 is 2.83. The van der Waals surface area contributed by atoms with Crippen LogP contribution in [-0.2, 0) is 9.59 Å². The standard InChI is InChI=1S/C12H4N2O2S2.6CH3.2Sn/c15-11-7(9-5(13-11)1-3-17-9)8-10-6(2-4-18-10)14-12(8)16;;;;;;;;/h1-2H,(H,13,15)(H,14,16);6*1H3;;. The normalized spacial score (nSPS) is 19.5. The van der Waals surface area contributed by atoms with Gasteiger partial charge in [0.1, 0.15) is 0 Å². The molecule has 0 aliphatic carbocycles. The molecule has 0 spiro atoms. The van der Waals surface area contributed by atoms with Crippen molar-refractivity contribution in [2.24, 2.45) is 0 Å². The minimum atomic E-state index is -2.23. The second-order valence-electron chi connectivity index (χ2n) is 8.87. The molecule has 0 fully saturated rings. The molecule has 0 aromatic carbocycles. The Kier molecular flexibility index (Phi) is 4.45. The van der Waals surface area contributed by atoms with E-state index in [1.807, 2.05) is 0 Å². The first-order valence-electron chi connectivity index (χ1n) is 8.63. The Hall–Kier alpha value is -0.323. The first-order chi connectivity index (χ1) is 12.0. The van der Waals surface area contributed by atoms with E-state index in [0.29, 0.717) is 11.1 Å². The van der Waals surface area contributed by atoms with Gasteiger partial charge in [-0.1, -0.05) is 0 Å². The van der Waals surface area contributed by atoms with Gasteiger partial charge < -0.3 is 0 Å². The average Bonchev–Trinajstić information content (AvgIpc) is 3.17. The maximum absolute atomic E-state index is 12.7. The fourth-order valence-corrected chi connectivity index (χ4v) is 15.8. The molecule has 4 rings (SSSR count). The summed E-state index contributed by atoms with van der Waals surface area (Å²) >= 11 is -1.05. The van der Waals surface area contributed by atoms with Crippen molar-refractivity contribution >= 4 is 99.5 Å². The van der Waals surface area contributed by atoms with E-state index in [9.17, 15) is 9.59 Å². The summed E-state index contributed by atoms with van der Waals surface area (Å²) in [5, 5.41) is 5.98. The van der Waals surface area contributed by atoms with Gasteiger partial charge in [-0.3, -0.25) is 0 Å². The topological polar surface area (TPSA) is 58.2 Å². The molecule has 2 N–H and O–H groups in total. The molecule has 2 amide bonds. The number of amides is 2. The van der Waals surface area contributed by atoms with Gasteiger partial charge >= 0.3 is 171 Å². The fraction of sp³-hybridized carbons (Fsp3) is 0.333. The molecule has 4 nitrogen and oxygen atoms in total. The summed E-state index contributed by atoms with van der Waals surface area (Å²) in [7, 11) is 0. The summed E-state index contributed by atoms with van der Waals surface area (Å²) in [6, 6.07) is 4.28. The van der Waals surface area contributed by atoms with Gasteiger partial charge in [-0.2, -0.15) is 0 Å². The maximum atomic E-state index is 12.7. The first-order valence-corrected chi connectivity index (χ1v) is 30.2. The first kappa shape index (κ1) is 19.0. The van der Waals surface area contributed by atoms with Crippen molar-refractivity contribution in [1.82, 2.24) is 0 Å². The van der Waals surface area contributed by atoms with Crippen LogP contribution in [-0.4, -0.2) is 48.6 Å². The number of carbonyl (C=O) groups is 2. The Balaban J connectivity index is 1.91. The quantitative estimate of drug-likeness (QED) is 0.409. The molecule has 0 saturated heterocycles. The summed E-state index contributed by atoms with van der Waals surface area (Å²) in [6.45, 7) is 0. The van der Waals surface area contributed by atoms with Gasteiger partial charge in [0.05, 0.1) is 0 Å². The molecule has 0 atom stereocenters. The van der Waals surface area contributed by atoms with Crippen LogP contribution in [0.5, 0.6) is 0 Å². The predicted octanol–water partition coefficient (Wildman–Crippen LogP) is 3.72. The van der Waals surface area contributed by atoms with Crippen LogP contribution in [0.3, 0.4) is 0 Å². The molecule has 8 heteroatoms. The van der Waals surface area contributed by atoms with Gasteiger partial charge in [0.2, 0.25) is 0 Å². The van der Waals surface area contributed by atoms with E-state index in [1.165, 1.54) is 5.79 Å². The second kappa shape index (κ2) is 6.09. The van der Waals surface area contributed by atoms with Crippen LogP contribution in [0.4, 0.5) is 11.4 Å². The van der Waals surface area contributed by atoms with Gasteiger partial charge in [0.25, 0.3) is 0 Å². The number of hydrogen-bond donors (Lipinski definition) is 2. The SMILES string of the molecule is [CH3][Sn]([CH3])([CH3])[c]1cc2c(s1)C(=C1C(=O)Nc3c[c]([Sn]([CH3])([CH3])[CH3])sc31)C(=O)N2. The van der Waals surface area contributed by atoms with E-state index in [0.717, 1.165) is 21.1 Å². The molecule has 2 aromatic rings. The van der Waals surface area contributed by atoms with Crippen LogP contribution in [0.15, 0.2) is 12.1 Å². The molecule has 0 bridgehead atoms. The Morgan fingerprint density at radius 2 is 1.04 bits per heavy atom. The summed E-state index contributed by atoms with van der Waals surface area (Å²) in [6.07, 6.45) is 0. The zero-order chi connectivity index (χ0) is 19.0. The zero-order valence-corrected chi connectivity index (χ0v) is 23.1. The van der Waals surface area contributed by atoms with Gasteiger partial charge in [0, 0.05) is 0 Å². The predicted molar refractivity (Wildman–Crippen MR) is 119 cm³/mol. The Morgan fingerprint density at radius 3 is 1.35 bits per heavy atom. The molecule has 136 valence electrons. The Bertz CT molecular complexity index is 923. The molecular weight excluding hydrogens is 578 g/mol. The molecule has 2 aliphatic heterocycles. The van der Waals surface area contributed by atoms with Crippen molar-refractivity contribution in [3.8, 4) is 0 Å². The van der Waals surface area contributed by atoms with E-state index in [2.05, 4.69) is 52.4 Å². The van der Waals surface area contributed by atoms with Crippen molar-refractivity contribution < 1.29 is 9.59 Å². The fourth-order valence-electron chi connectivity index (χ4n) is 3.11. The van der Waals surface area contributed by atoms with Gasteiger partial charge in [-0.25, -0.2) is 0 Å². The van der Waals surface area contributed by atoms with E-state index in [-0.39, 0.29) is 11.8 Å². The molecular formula is C18H22N2O2S2Sn2. The summed E-state index contributed by atoms with van der Waals surface area (Å²) in [5.41, 5.74) is 2.91. The van der Waals surface area contributed by atoms with E-state index in [1.54, 1.807) is 22.7 Å². The Morgan fingerprint density at radius 1 is 0.692 bits per heavy atom. The molecule has 0 unspecified atom stereocenters. The van der Waals surface area contributed by atoms with E-state index >= 15 is 0 Å². The van der Waals surface area contributed by atoms with Crippen molar-refractivity contribution in [1.29, 1.82) is 0 Å². The number of carbonyl (C=O) groups excluding carboxylic acids is 2. The van der Waals surface area contributed by atoms with Gasteiger partial charge in [-0.05, 0) is 0 Å². The number of anilines is 2. The van der Waals surface area contributed by atoms with Crippen LogP contribution >= 0.6 is 22.7 Å². The summed E-state index contributed by atoms with van der Waals surface area (Å²) in [5.74, 6) is -0.289. The molecule has 26 heavy (non-hydrogen) atoms. The Labute approximate surface area is 169 Å². The van der Waals surface area contributed by atoms with E-state index < -0.39 is 36.8 Å². The second-order valence-corrected chi connectivity index (χ2v) is 41.8. The number of hydrogen-bond acceptors (Lipinski definition) is 4. The van der Waals surface area contributed by atoms with Crippen molar-refractivity contribution in [3.63, 3.8) is 0 Å². The molecule has 0 radical (unpaired) electrons. The number of thiophene rings is 2. The minimum absolute atomic E-state index is 0.144. The van der Waals surface area contributed by atoms with E-state index in [4.69, 9.17) is 0 Å². The number of fused-ring (bicyclic) bond motifs is 2. The number of nitrogens with one attached hydrogen (secondary N) is 2. The van der Waals surface area contributed by atoms with Crippen LogP contribution < -0.4 is 16.4 Å². The monoisotopic (exact) mass is 602 g/mol. The molecule has 0 saturated carbocycles. The van der Waals surface area contributed by atoms with Gasteiger partial charge in [-0.15, -0.1) is 0 Å². The molecule has 2 aliphatic rings.